The van der Waals surface area contributed by atoms with Gasteiger partial charge >= 0.3 is 0 Å². The van der Waals surface area contributed by atoms with Crippen LogP contribution in [0.25, 0.3) is 0 Å². The van der Waals surface area contributed by atoms with Crippen LogP contribution >= 0.6 is 0 Å². The third-order valence-corrected chi connectivity index (χ3v) is 3.67. The number of aryl methyl sites for hydroxylation is 1. The monoisotopic (exact) mass is 313 g/mol. The average molecular weight is 313 g/mol. The first kappa shape index (κ1) is 16.9. The fraction of sp³-hybridized carbons (Fsp3) is 0.316. The molecule has 0 aliphatic heterocycles. The van der Waals surface area contributed by atoms with Gasteiger partial charge in [0.2, 0.25) is 5.91 Å². The van der Waals surface area contributed by atoms with E-state index in [0.29, 0.717) is 19.4 Å². The molecule has 4 heteroatoms. The highest BCUT2D eigenvalue weighted by atomic mass is 16.5. The SMILES string of the molecule is COc1ccc(CCNC(=O)CCc2cccc(OC)c2)cc1. The normalized spacial score (nSPS) is 10.2. The standard InChI is InChI=1S/C19H23NO3/c1-22-17-9-6-15(7-10-17)12-13-20-19(21)11-8-16-4-3-5-18(14-16)23-2/h3-7,9-10,14H,8,11-13H2,1-2H3,(H,20,21). The van der Waals surface area contributed by atoms with Gasteiger partial charge in [0.05, 0.1) is 14.2 Å². The van der Waals surface area contributed by atoms with E-state index in [0.717, 1.165) is 23.5 Å². The summed E-state index contributed by atoms with van der Waals surface area (Å²) in [5.74, 6) is 1.74. The number of amides is 1. The summed E-state index contributed by atoms with van der Waals surface area (Å²) in [5.41, 5.74) is 2.29. The van der Waals surface area contributed by atoms with Gasteiger partial charge in [-0.3, -0.25) is 4.79 Å². The molecule has 0 aliphatic carbocycles. The minimum absolute atomic E-state index is 0.0707. The van der Waals surface area contributed by atoms with Gasteiger partial charge in [0.25, 0.3) is 0 Å². The maximum Gasteiger partial charge on any atom is 0.220 e. The maximum absolute atomic E-state index is 11.9. The molecule has 0 heterocycles. The third-order valence-electron chi connectivity index (χ3n) is 3.67. The van der Waals surface area contributed by atoms with Crippen LogP contribution in [0.1, 0.15) is 17.5 Å². The van der Waals surface area contributed by atoms with Crippen LogP contribution in [0, 0.1) is 0 Å². The molecule has 0 bridgehead atoms. The van der Waals surface area contributed by atoms with Gasteiger partial charge in [-0.05, 0) is 48.2 Å². The Morgan fingerprint density at radius 2 is 1.65 bits per heavy atom. The second-order valence-corrected chi connectivity index (χ2v) is 5.30. The summed E-state index contributed by atoms with van der Waals surface area (Å²) in [7, 11) is 3.29. The fourth-order valence-electron chi connectivity index (χ4n) is 2.31. The van der Waals surface area contributed by atoms with Crippen LogP contribution in [0.5, 0.6) is 11.5 Å². The van der Waals surface area contributed by atoms with Crippen LogP contribution < -0.4 is 14.8 Å². The zero-order valence-corrected chi connectivity index (χ0v) is 13.7. The van der Waals surface area contributed by atoms with Crippen molar-refractivity contribution in [2.75, 3.05) is 20.8 Å². The van der Waals surface area contributed by atoms with Crippen LogP contribution in [-0.4, -0.2) is 26.7 Å². The van der Waals surface area contributed by atoms with Crippen LogP contribution in [-0.2, 0) is 17.6 Å². The van der Waals surface area contributed by atoms with Crippen molar-refractivity contribution in [1.29, 1.82) is 0 Å². The number of hydrogen-bond donors (Lipinski definition) is 1. The van der Waals surface area contributed by atoms with E-state index in [9.17, 15) is 4.79 Å². The fourth-order valence-corrected chi connectivity index (χ4v) is 2.31. The molecule has 0 fully saturated rings. The molecule has 2 aromatic carbocycles. The third kappa shape index (κ3) is 5.66. The summed E-state index contributed by atoms with van der Waals surface area (Å²) in [6.07, 6.45) is 2.01. The van der Waals surface area contributed by atoms with Gasteiger partial charge in [-0.25, -0.2) is 0 Å². The zero-order valence-electron chi connectivity index (χ0n) is 13.7. The topological polar surface area (TPSA) is 47.6 Å². The molecule has 0 unspecified atom stereocenters. The van der Waals surface area contributed by atoms with E-state index in [1.165, 1.54) is 5.56 Å². The smallest absolute Gasteiger partial charge is 0.220 e. The minimum atomic E-state index is 0.0707. The molecule has 0 saturated heterocycles. The Morgan fingerprint density at radius 1 is 0.913 bits per heavy atom. The largest absolute Gasteiger partial charge is 0.497 e. The molecule has 2 rings (SSSR count). The van der Waals surface area contributed by atoms with Crippen molar-refractivity contribution < 1.29 is 14.3 Å². The number of benzene rings is 2. The highest BCUT2D eigenvalue weighted by molar-refractivity contribution is 5.76. The van der Waals surface area contributed by atoms with E-state index in [1.54, 1.807) is 14.2 Å². The number of carbonyl (C=O) groups is 1. The highest BCUT2D eigenvalue weighted by Crippen LogP contribution is 2.14. The molecule has 0 atom stereocenters. The first-order valence-electron chi connectivity index (χ1n) is 7.74. The Bertz CT molecular complexity index is 623. The number of nitrogens with one attached hydrogen (secondary N) is 1. The van der Waals surface area contributed by atoms with Gasteiger partial charge in [0.15, 0.2) is 0 Å². The average Bonchev–Trinajstić information content (AvgIpc) is 2.61. The molecule has 2 aromatic rings. The molecule has 0 spiro atoms. The Labute approximate surface area is 137 Å². The van der Waals surface area contributed by atoms with Gasteiger partial charge in [-0.15, -0.1) is 0 Å². The van der Waals surface area contributed by atoms with E-state index in [1.807, 2.05) is 48.5 Å². The second kappa shape index (κ2) is 8.83. The summed E-state index contributed by atoms with van der Waals surface area (Å²) >= 11 is 0. The molecular weight excluding hydrogens is 290 g/mol. The summed E-state index contributed by atoms with van der Waals surface area (Å²) in [6, 6.07) is 15.7. The Balaban J connectivity index is 1.70. The lowest BCUT2D eigenvalue weighted by molar-refractivity contribution is -0.121. The lowest BCUT2D eigenvalue weighted by atomic mass is 10.1. The maximum atomic E-state index is 11.9. The van der Waals surface area contributed by atoms with Crippen molar-refractivity contribution in [3.8, 4) is 11.5 Å². The van der Waals surface area contributed by atoms with E-state index < -0.39 is 0 Å². The van der Waals surface area contributed by atoms with Crippen molar-refractivity contribution >= 4 is 5.91 Å². The number of rotatable bonds is 8. The predicted octanol–water partition coefficient (Wildman–Crippen LogP) is 3.00. The summed E-state index contributed by atoms with van der Waals surface area (Å²) < 4.78 is 10.3. The van der Waals surface area contributed by atoms with Crippen LogP contribution in [0.3, 0.4) is 0 Å². The van der Waals surface area contributed by atoms with Gasteiger partial charge < -0.3 is 14.8 Å². The lowest BCUT2D eigenvalue weighted by Gasteiger charge is -2.07. The first-order valence-corrected chi connectivity index (χ1v) is 7.74. The molecule has 1 N–H and O–H groups in total. The quantitative estimate of drug-likeness (QED) is 0.815. The molecule has 0 radical (unpaired) electrons. The summed E-state index contributed by atoms with van der Waals surface area (Å²) in [5, 5.41) is 2.96. The molecular formula is C19H23NO3. The molecule has 0 saturated carbocycles. The summed E-state index contributed by atoms with van der Waals surface area (Å²) in [6.45, 7) is 0.642. The molecule has 0 aromatic heterocycles. The molecule has 0 aliphatic rings. The van der Waals surface area contributed by atoms with Crippen molar-refractivity contribution in [1.82, 2.24) is 5.32 Å². The Morgan fingerprint density at radius 3 is 2.35 bits per heavy atom. The highest BCUT2D eigenvalue weighted by Gasteiger charge is 2.03. The number of carbonyl (C=O) groups excluding carboxylic acids is 1. The van der Waals surface area contributed by atoms with Gasteiger partial charge in [-0.2, -0.15) is 0 Å². The van der Waals surface area contributed by atoms with Crippen LogP contribution in [0.15, 0.2) is 48.5 Å². The van der Waals surface area contributed by atoms with Crippen LogP contribution in [0.2, 0.25) is 0 Å². The van der Waals surface area contributed by atoms with Crippen molar-refractivity contribution in [2.45, 2.75) is 19.3 Å². The van der Waals surface area contributed by atoms with Gasteiger partial charge in [0, 0.05) is 13.0 Å². The van der Waals surface area contributed by atoms with E-state index in [4.69, 9.17) is 9.47 Å². The Kier molecular flexibility index (Phi) is 6.48. The second-order valence-electron chi connectivity index (χ2n) is 5.30. The molecule has 23 heavy (non-hydrogen) atoms. The summed E-state index contributed by atoms with van der Waals surface area (Å²) in [4.78, 5) is 11.9. The van der Waals surface area contributed by atoms with Gasteiger partial charge in [0.1, 0.15) is 11.5 Å². The predicted molar refractivity (Wildman–Crippen MR) is 91.0 cm³/mol. The van der Waals surface area contributed by atoms with Crippen molar-refractivity contribution in [3.63, 3.8) is 0 Å². The molecule has 1 amide bonds. The number of hydrogen-bond acceptors (Lipinski definition) is 3. The van der Waals surface area contributed by atoms with Crippen molar-refractivity contribution in [2.24, 2.45) is 0 Å². The lowest BCUT2D eigenvalue weighted by Crippen LogP contribution is -2.25. The first-order chi connectivity index (χ1) is 11.2. The van der Waals surface area contributed by atoms with E-state index >= 15 is 0 Å². The van der Waals surface area contributed by atoms with E-state index in [2.05, 4.69) is 5.32 Å². The Hall–Kier alpha value is -2.49. The minimum Gasteiger partial charge on any atom is -0.497 e. The van der Waals surface area contributed by atoms with Crippen molar-refractivity contribution in [3.05, 3.63) is 59.7 Å². The van der Waals surface area contributed by atoms with E-state index in [-0.39, 0.29) is 5.91 Å². The zero-order chi connectivity index (χ0) is 16.5. The number of ether oxygens (including phenoxy) is 2. The molecule has 122 valence electrons. The van der Waals surface area contributed by atoms with Gasteiger partial charge in [-0.1, -0.05) is 24.3 Å². The number of methoxy groups -OCH3 is 2. The molecule has 4 nitrogen and oxygen atoms in total. The van der Waals surface area contributed by atoms with Crippen LogP contribution in [0.4, 0.5) is 0 Å².